The Morgan fingerprint density at radius 3 is 2.77 bits per heavy atom. The Balaban J connectivity index is 1.70. The number of anilines is 1. The van der Waals surface area contributed by atoms with Crippen molar-refractivity contribution in [2.45, 2.75) is 11.8 Å². The summed E-state index contributed by atoms with van der Waals surface area (Å²) in [4.78, 5) is 23.6. The molecule has 0 unspecified atom stereocenters. The van der Waals surface area contributed by atoms with Crippen LogP contribution in [-0.2, 0) is 4.74 Å². The molecule has 30 heavy (non-hydrogen) atoms. The van der Waals surface area contributed by atoms with Crippen LogP contribution >= 0.6 is 34.7 Å². The lowest BCUT2D eigenvalue weighted by atomic mass is 10.2. The van der Waals surface area contributed by atoms with Gasteiger partial charge in [-0.25, -0.2) is 4.98 Å². The number of aryl methyl sites for hydroxylation is 1. The second kappa shape index (κ2) is 9.66. The summed E-state index contributed by atoms with van der Waals surface area (Å²) in [6, 6.07) is 11.6. The van der Waals surface area contributed by atoms with Crippen molar-refractivity contribution in [2.24, 2.45) is 0 Å². The molecule has 1 fully saturated rings. The fourth-order valence-electron chi connectivity index (χ4n) is 3.52. The Morgan fingerprint density at radius 2 is 2.03 bits per heavy atom. The number of carbonyl (C=O) groups excluding carboxylic acids is 1. The number of morpholine rings is 1. The molecule has 1 saturated heterocycles. The van der Waals surface area contributed by atoms with Gasteiger partial charge in [0.15, 0.2) is 5.13 Å². The van der Waals surface area contributed by atoms with Gasteiger partial charge in [0.05, 0.1) is 34.0 Å². The van der Waals surface area contributed by atoms with Crippen molar-refractivity contribution in [1.29, 1.82) is 0 Å². The van der Waals surface area contributed by atoms with Gasteiger partial charge in [0.1, 0.15) is 0 Å². The molecule has 0 radical (unpaired) electrons. The number of thioether (sulfide) groups is 1. The minimum Gasteiger partial charge on any atom is -0.379 e. The molecule has 2 heterocycles. The van der Waals surface area contributed by atoms with Crippen LogP contribution in [0.15, 0.2) is 41.3 Å². The van der Waals surface area contributed by atoms with Gasteiger partial charge in [-0.1, -0.05) is 41.1 Å². The van der Waals surface area contributed by atoms with Gasteiger partial charge in [0, 0.05) is 31.1 Å². The van der Waals surface area contributed by atoms with Crippen molar-refractivity contribution < 1.29 is 9.53 Å². The number of hydrogen-bond acceptors (Lipinski definition) is 6. The van der Waals surface area contributed by atoms with Crippen LogP contribution in [0.2, 0.25) is 5.02 Å². The lowest BCUT2D eigenvalue weighted by molar-refractivity contribution is 0.0391. The Bertz CT molecular complexity index is 1010. The number of fused-ring (bicyclic) bond motifs is 1. The lowest BCUT2D eigenvalue weighted by Gasteiger charge is -2.29. The van der Waals surface area contributed by atoms with E-state index in [0.717, 1.165) is 53.5 Å². The van der Waals surface area contributed by atoms with Crippen LogP contribution in [0.25, 0.3) is 10.2 Å². The van der Waals surface area contributed by atoms with E-state index in [0.29, 0.717) is 22.3 Å². The zero-order valence-corrected chi connectivity index (χ0v) is 19.4. The van der Waals surface area contributed by atoms with E-state index < -0.39 is 0 Å². The maximum Gasteiger partial charge on any atom is 0.261 e. The van der Waals surface area contributed by atoms with Gasteiger partial charge in [-0.05, 0) is 36.9 Å². The Morgan fingerprint density at radius 1 is 1.27 bits per heavy atom. The summed E-state index contributed by atoms with van der Waals surface area (Å²) < 4.78 is 6.38. The molecule has 1 aliphatic heterocycles. The predicted octanol–water partition coefficient (Wildman–Crippen LogP) is 4.96. The number of hydrogen-bond donors (Lipinski definition) is 0. The maximum absolute atomic E-state index is 13.6. The topological polar surface area (TPSA) is 45.7 Å². The van der Waals surface area contributed by atoms with Gasteiger partial charge in [0.25, 0.3) is 5.91 Å². The minimum atomic E-state index is -0.0268. The molecular formula is C22H24ClN3O2S2. The Hall–Kier alpha value is -1.64. The molecular weight excluding hydrogens is 438 g/mol. The van der Waals surface area contributed by atoms with E-state index >= 15 is 0 Å². The van der Waals surface area contributed by atoms with Crippen LogP contribution in [0, 0.1) is 6.92 Å². The average Bonchev–Trinajstić information content (AvgIpc) is 3.23. The normalized spacial score (nSPS) is 14.9. The van der Waals surface area contributed by atoms with Gasteiger partial charge in [-0.3, -0.25) is 14.6 Å². The third-order valence-electron chi connectivity index (χ3n) is 5.24. The fraction of sp³-hybridized carbons (Fsp3) is 0.364. The third-order valence-corrected chi connectivity index (χ3v) is 7.58. The molecule has 0 bridgehead atoms. The number of benzene rings is 2. The third kappa shape index (κ3) is 4.50. The second-order valence-corrected chi connectivity index (χ2v) is 9.38. The highest BCUT2D eigenvalue weighted by Crippen LogP contribution is 2.36. The van der Waals surface area contributed by atoms with Crippen LogP contribution in [0.3, 0.4) is 0 Å². The molecule has 0 saturated carbocycles. The molecule has 1 aromatic heterocycles. The summed E-state index contributed by atoms with van der Waals surface area (Å²) >= 11 is 9.49. The first kappa shape index (κ1) is 21.6. The zero-order valence-electron chi connectivity index (χ0n) is 17.1. The smallest absolute Gasteiger partial charge is 0.261 e. The molecule has 1 amide bonds. The number of aromatic nitrogens is 1. The van der Waals surface area contributed by atoms with Crippen molar-refractivity contribution in [1.82, 2.24) is 9.88 Å². The molecule has 4 rings (SSSR count). The summed E-state index contributed by atoms with van der Waals surface area (Å²) in [6.07, 6.45) is 1.99. The van der Waals surface area contributed by atoms with Crippen LogP contribution < -0.4 is 4.90 Å². The molecule has 5 nitrogen and oxygen atoms in total. The van der Waals surface area contributed by atoms with E-state index in [9.17, 15) is 4.79 Å². The summed E-state index contributed by atoms with van der Waals surface area (Å²) in [5.41, 5.74) is 2.63. The summed E-state index contributed by atoms with van der Waals surface area (Å²) in [7, 11) is 0. The van der Waals surface area contributed by atoms with Crippen molar-refractivity contribution in [2.75, 3.05) is 50.5 Å². The van der Waals surface area contributed by atoms with E-state index in [1.54, 1.807) is 11.8 Å². The van der Waals surface area contributed by atoms with Crippen LogP contribution in [0.5, 0.6) is 0 Å². The van der Waals surface area contributed by atoms with Crippen molar-refractivity contribution in [3.8, 4) is 0 Å². The summed E-state index contributed by atoms with van der Waals surface area (Å²) in [5.74, 6) is -0.0268. The molecule has 0 atom stereocenters. The first-order valence-electron chi connectivity index (χ1n) is 9.89. The minimum absolute atomic E-state index is 0.0268. The highest BCUT2D eigenvalue weighted by molar-refractivity contribution is 7.98. The molecule has 3 aromatic rings. The van der Waals surface area contributed by atoms with Gasteiger partial charge < -0.3 is 4.74 Å². The molecule has 158 valence electrons. The summed E-state index contributed by atoms with van der Waals surface area (Å²) in [5, 5.41) is 1.36. The zero-order chi connectivity index (χ0) is 21.1. The van der Waals surface area contributed by atoms with E-state index in [4.69, 9.17) is 21.3 Å². The highest BCUT2D eigenvalue weighted by Gasteiger charge is 2.25. The Labute approximate surface area is 190 Å². The lowest BCUT2D eigenvalue weighted by Crippen LogP contribution is -2.43. The van der Waals surface area contributed by atoms with Crippen molar-refractivity contribution in [3.63, 3.8) is 0 Å². The number of amides is 1. The van der Waals surface area contributed by atoms with Crippen molar-refractivity contribution >= 4 is 56.0 Å². The van der Waals surface area contributed by atoms with Gasteiger partial charge in [-0.15, -0.1) is 11.8 Å². The van der Waals surface area contributed by atoms with E-state index in [1.165, 1.54) is 11.3 Å². The van der Waals surface area contributed by atoms with E-state index in [-0.39, 0.29) is 5.91 Å². The largest absolute Gasteiger partial charge is 0.379 e. The van der Waals surface area contributed by atoms with Crippen LogP contribution in [-0.4, -0.2) is 61.4 Å². The van der Waals surface area contributed by atoms with E-state index in [2.05, 4.69) is 4.90 Å². The molecule has 0 aliphatic carbocycles. The highest BCUT2D eigenvalue weighted by atomic mass is 35.5. The quantitative estimate of drug-likeness (QED) is 0.485. The molecule has 2 aromatic carbocycles. The van der Waals surface area contributed by atoms with Gasteiger partial charge in [0.2, 0.25) is 0 Å². The summed E-state index contributed by atoms with van der Waals surface area (Å²) in [6.45, 7) is 6.60. The first-order valence-corrected chi connectivity index (χ1v) is 12.3. The van der Waals surface area contributed by atoms with Gasteiger partial charge >= 0.3 is 0 Å². The Kier molecular flexibility index (Phi) is 6.95. The number of carbonyl (C=O) groups is 1. The molecule has 8 heteroatoms. The predicted molar refractivity (Wildman–Crippen MR) is 127 cm³/mol. The van der Waals surface area contributed by atoms with E-state index in [1.807, 2.05) is 54.5 Å². The average molecular weight is 462 g/mol. The van der Waals surface area contributed by atoms with Gasteiger partial charge in [-0.2, -0.15) is 0 Å². The molecule has 0 spiro atoms. The number of halogens is 1. The van der Waals surface area contributed by atoms with Crippen LogP contribution in [0.1, 0.15) is 15.9 Å². The number of nitrogens with zero attached hydrogens (tertiary/aromatic N) is 3. The second-order valence-electron chi connectivity index (χ2n) is 7.15. The molecule has 0 N–H and O–H groups in total. The monoisotopic (exact) mass is 461 g/mol. The first-order chi connectivity index (χ1) is 14.6. The van der Waals surface area contributed by atoms with Crippen LogP contribution in [0.4, 0.5) is 5.13 Å². The number of thiazole rings is 1. The molecule has 1 aliphatic rings. The number of rotatable bonds is 6. The standard InChI is InChI=1S/C22H24ClN3O2S2/c1-15-7-8-17(23)20-19(15)24-22(30-20)26(10-9-25-11-13-28-14-12-25)21(27)16-5-3-4-6-18(16)29-2/h3-8H,9-14H2,1-2H3. The SMILES string of the molecule is CSc1ccccc1C(=O)N(CCN1CCOCC1)c1nc2c(C)ccc(Cl)c2s1. The maximum atomic E-state index is 13.6. The fourth-order valence-corrected chi connectivity index (χ4v) is 5.45. The number of ether oxygens (including phenoxy) is 1. The van der Waals surface area contributed by atoms with Crippen molar-refractivity contribution in [3.05, 3.63) is 52.5 Å².